The summed E-state index contributed by atoms with van der Waals surface area (Å²) in [5, 5.41) is 7.38. The number of rotatable bonds is 2. The first-order valence-electron chi connectivity index (χ1n) is 9.80. The number of nitrogens with one attached hydrogen (secondary N) is 1. The number of hydrazone groups is 1. The van der Waals surface area contributed by atoms with Crippen LogP contribution < -0.4 is 14.4 Å². The monoisotopic (exact) mass is 364 g/mol. The first-order valence-corrected chi connectivity index (χ1v) is 9.80. The molecule has 140 valence electrons. The van der Waals surface area contributed by atoms with E-state index in [4.69, 9.17) is 14.6 Å². The molecule has 2 aromatic carbocycles. The summed E-state index contributed by atoms with van der Waals surface area (Å²) >= 11 is 0. The quantitative estimate of drug-likeness (QED) is 0.888. The lowest BCUT2D eigenvalue weighted by atomic mass is 9.90. The second kappa shape index (κ2) is 6.27. The SMILES string of the molecule is COc1cccc2c1OC1(CC[NH+](C)CC1)N1N=C(c3ccccc3)C[C@H]21. The van der Waals surface area contributed by atoms with E-state index >= 15 is 0 Å². The molecule has 5 rings (SSSR count). The van der Waals surface area contributed by atoms with Crippen molar-refractivity contribution >= 4 is 5.71 Å². The number of piperidine rings is 1. The van der Waals surface area contributed by atoms with Crippen molar-refractivity contribution < 1.29 is 14.4 Å². The van der Waals surface area contributed by atoms with Crippen molar-refractivity contribution in [3.8, 4) is 11.5 Å². The standard InChI is InChI=1S/C22H25N3O2/c1-24-13-11-22(12-14-24)25-19(15-18(23-25)16-7-4-3-5-8-16)17-9-6-10-20(26-2)21(17)27-22/h3-10,19H,11-15H2,1-2H3/p+1/t19-/m1/s1. The predicted molar refractivity (Wildman–Crippen MR) is 104 cm³/mol. The minimum atomic E-state index is -0.373. The first-order chi connectivity index (χ1) is 13.2. The zero-order chi connectivity index (χ0) is 18.4. The van der Waals surface area contributed by atoms with Crippen molar-refractivity contribution in [2.45, 2.75) is 31.0 Å². The van der Waals surface area contributed by atoms with E-state index in [-0.39, 0.29) is 11.8 Å². The summed E-state index contributed by atoms with van der Waals surface area (Å²) < 4.78 is 12.4. The van der Waals surface area contributed by atoms with E-state index in [1.807, 2.05) is 6.07 Å². The fraction of sp³-hybridized carbons (Fsp3) is 0.409. The van der Waals surface area contributed by atoms with Gasteiger partial charge in [-0.3, -0.25) is 0 Å². The highest BCUT2D eigenvalue weighted by molar-refractivity contribution is 6.02. The Hall–Kier alpha value is -2.53. The van der Waals surface area contributed by atoms with Crippen molar-refractivity contribution in [3.05, 3.63) is 59.7 Å². The Labute approximate surface area is 160 Å². The molecule has 3 aliphatic heterocycles. The number of quaternary nitrogens is 1. The lowest BCUT2D eigenvalue weighted by molar-refractivity contribution is -0.888. The zero-order valence-corrected chi connectivity index (χ0v) is 15.9. The van der Waals surface area contributed by atoms with Gasteiger partial charge in [0.15, 0.2) is 11.5 Å². The second-order valence-corrected chi connectivity index (χ2v) is 7.86. The molecule has 0 aromatic heterocycles. The number of likely N-dealkylation sites (tertiary alicyclic amines) is 1. The second-order valence-electron chi connectivity index (χ2n) is 7.86. The fourth-order valence-electron chi connectivity index (χ4n) is 4.63. The van der Waals surface area contributed by atoms with Crippen molar-refractivity contribution in [2.75, 3.05) is 27.2 Å². The van der Waals surface area contributed by atoms with Gasteiger partial charge in [0.05, 0.1) is 51.8 Å². The molecule has 27 heavy (non-hydrogen) atoms. The predicted octanol–water partition coefficient (Wildman–Crippen LogP) is 2.24. The number of para-hydroxylation sites is 1. The van der Waals surface area contributed by atoms with Crippen LogP contribution in [0.1, 0.15) is 36.4 Å². The van der Waals surface area contributed by atoms with Gasteiger partial charge in [0.1, 0.15) is 0 Å². The number of nitrogens with zero attached hydrogens (tertiary/aromatic N) is 2. The number of benzene rings is 2. The summed E-state index contributed by atoms with van der Waals surface area (Å²) in [4.78, 5) is 1.55. The van der Waals surface area contributed by atoms with Gasteiger partial charge in [0.2, 0.25) is 5.72 Å². The van der Waals surface area contributed by atoms with E-state index in [0.717, 1.165) is 49.6 Å². The molecule has 3 heterocycles. The Kier molecular flexibility index (Phi) is 3.86. The van der Waals surface area contributed by atoms with Crippen LogP contribution in [0.25, 0.3) is 0 Å². The van der Waals surface area contributed by atoms with E-state index in [0.29, 0.717) is 0 Å². The molecular weight excluding hydrogens is 338 g/mol. The molecule has 0 amide bonds. The van der Waals surface area contributed by atoms with Crippen molar-refractivity contribution in [3.63, 3.8) is 0 Å². The van der Waals surface area contributed by atoms with Crippen LogP contribution in [0.15, 0.2) is 53.6 Å². The molecule has 1 spiro atoms. The van der Waals surface area contributed by atoms with Crippen LogP contribution in [0.3, 0.4) is 0 Å². The topological polar surface area (TPSA) is 38.5 Å². The maximum Gasteiger partial charge on any atom is 0.209 e. The van der Waals surface area contributed by atoms with Gasteiger partial charge in [-0.05, 0) is 11.6 Å². The molecule has 2 aromatic rings. The Morgan fingerprint density at radius 2 is 1.89 bits per heavy atom. The Balaban J connectivity index is 1.61. The number of methoxy groups -OCH3 is 1. The molecule has 1 fully saturated rings. The molecule has 1 N–H and O–H groups in total. The van der Waals surface area contributed by atoms with E-state index < -0.39 is 0 Å². The Bertz CT molecular complexity index is 872. The van der Waals surface area contributed by atoms with Gasteiger partial charge in [-0.15, -0.1) is 0 Å². The molecule has 0 unspecified atom stereocenters. The van der Waals surface area contributed by atoms with Crippen molar-refractivity contribution in [1.29, 1.82) is 0 Å². The average molecular weight is 364 g/mol. The maximum atomic E-state index is 6.71. The van der Waals surface area contributed by atoms with Gasteiger partial charge in [-0.25, -0.2) is 5.01 Å². The Morgan fingerprint density at radius 1 is 1.11 bits per heavy atom. The van der Waals surface area contributed by atoms with Crippen molar-refractivity contribution in [2.24, 2.45) is 5.10 Å². The molecule has 5 nitrogen and oxygen atoms in total. The summed E-state index contributed by atoms with van der Waals surface area (Å²) in [7, 11) is 3.97. The number of hydrogen-bond acceptors (Lipinski definition) is 4. The fourth-order valence-corrected chi connectivity index (χ4v) is 4.63. The van der Waals surface area contributed by atoms with Crippen molar-refractivity contribution in [1.82, 2.24) is 5.01 Å². The van der Waals surface area contributed by atoms with Crippen LogP contribution >= 0.6 is 0 Å². The first kappa shape index (κ1) is 16.6. The largest absolute Gasteiger partial charge is 0.493 e. The highest BCUT2D eigenvalue weighted by Crippen LogP contribution is 2.52. The van der Waals surface area contributed by atoms with Crippen LogP contribution in [-0.4, -0.2) is 43.7 Å². The molecule has 5 heteroatoms. The third-order valence-corrected chi connectivity index (χ3v) is 6.20. The smallest absolute Gasteiger partial charge is 0.209 e. The minimum absolute atomic E-state index is 0.206. The Morgan fingerprint density at radius 3 is 2.63 bits per heavy atom. The summed E-state index contributed by atoms with van der Waals surface area (Å²) in [5.41, 5.74) is 3.15. The number of fused-ring (bicyclic) bond motifs is 4. The van der Waals surface area contributed by atoms with E-state index in [1.54, 1.807) is 12.0 Å². The van der Waals surface area contributed by atoms with Gasteiger partial charge in [-0.2, -0.15) is 5.10 Å². The van der Waals surface area contributed by atoms with Crippen LogP contribution in [0.2, 0.25) is 0 Å². The lowest BCUT2D eigenvalue weighted by Crippen LogP contribution is -3.11. The third kappa shape index (κ3) is 2.60. The summed E-state index contributed by atoms with van der Waals surface area (Å²) in [6, 6.07) is 16.9. The lowest BCUT2D eigenvalue weighted by Gasteiger charge is -2.49. The molecular formula is C22H26N3O2+. The highest BCUT2D eigenvalue weighted by atomic mass is 16.5. The molecule has 3 aliphatic rings. The molecule has 0 bridgehead atoms. The van der Waals surface area contributed by atoms with Gasteiger partial charge >= 0.3 is 0 Å². The summed E-state index contributed by atoms with van der Waals surface area (Å²) in [6.07, 6.45) is 2.84. The molecule has 0 aliphatic carbocycles. The van der Waals surface area contributed by atoms with Crippen LogP contribution in [0.4, 0.5) is 0 Å². The number of hydrogen-bond donors (Lipinski definition) is 1. The highest BCUT2D eigenvalue weighted by Gasteiger charge is 2.53. The minimum Gasteiger partial charge on any atom is -0.493 e. The van der Waals surface area contributed by atoms with Crippen LogP contribution in [-0.2, 0) is 0 Å². The maximum absolute atomic E-state index is 6.71. The van der Waals surface area contributed by atoms with Gasteiger partial charge < -0.3 is 14.4 Å². The van der Waals surface area contributed by atoms with E-state index in [1.165, 1.54) is 11.1 Å². The average Bonchev–Trinajstić information content (AvgIpc) is 3.17. The molecule has 1 saturated heterocycles. The summed E-state index contributed by atoms with van der Waals surface area (Å²) in [6.45, 7) is 2.17. The molecule has 0 saturated carbocycles. The molecule has 1 atom stereocenters. The van der Waals surface area contributed by atoms with E-state index in [9.17, 15) is 0 Å². The zero-order valence-electron chi connectivity index (χ0n) is 15.9. The van der Waals surface area contributed by atoms with Gasteiger partial charge in [0, 0.05) is 12.0 Å². The normalized spacial score (nSPS) is 29.0. The summed E-state index contributed by atoms with van der Waals surface area (Å²) in [5.74, 6) is 1.73. The van der Waals surface area contributed by atoms with Gasteiger partial charge in [0.25, 0.3) is 0 Å². The van der Waals surface area contributed by atoms with Gasteiger partial charge in [-0.1, -0.05) is 42.5 Å². The van der Waals surface area contributed by atoms with Crippen LogP contribution in [0, 0.1) is 0 Å². The number of ether oxygens (including phenoxy) is 2. The van der Waals surface area contributed by atoms with Crippen LogP contribution in [0.5, 0.6) is 11.5 Å². The third-order valence-electron chi connectivity index (χ3n) is 6.20. The molecule has 0 radical (unpaired) electrons. The van der Waals surface area contributed by atoms with E-state index in [2.05, 4.69) is 54.5 Å².